The maximum Gasteiger partial charge on any atom is 0.124 e. The summed E-state index contributed by atoms with van der Waals surface area (Å²) in [6.07, 6.45) is 2.60. The number of hydrogen-bond acceptors (Lipinski definition) is 2. The lowest BCUT2D eigenvalue weighted by atomic mass is 9.98. The van der Waals surface area contributed by atoms with Crippen molar-refractivity contribution in [3.63, 3.8) is 0 Å². The molecule has 2 N–H and O–H groups in total. The van der Waals surface area contributed by atoms with Crippen molar-refractivity contribution in [3.8, 4) is 5.75 Å². The summed E-state index contributed by atoms with van der Waals surface area (Å²) in [5.41, 5.74) is 9.48. The Morgan fingerprint density at radius 3 is 2.90 bits per heavy atom. The number of benzene rings is 2. The van der Waals surface area contributed by atoms with Gasteiger partial charge < -0.3 is 10.5 Å². The van der Waals surface area contributed by atoms with E-state index in [2.05, 4.69) is 12.1 Å². The van der Waals surface area contributed by atoms with Gasteiger partial charge in [-0.1, -0.05) is 29.8 Å². The van der Waals surface area contributed by atoms with E-state index in [-0.39, 0.29) is 11.9 Å². The average Bonchev–Trinajstić information content (AvgIpc) is 2.92. The molecule has 0 saturated heterocycles. The normalized spacial score (nSPS) is 14.6. The van der Waals surface area contributed by atoms with Gasteiger partial charge in [0.15, 0.2) is 0 Å². The first-order valence-corrected chi connectivity index (χ1v) is 7.46. The molecule has 3 rings (SSSR count). The van der Waals surface area contributed by atoms with E-state index in [0.717, 1.165) is 37.2 Å². The minimum Gasteiger partial charge on any atom is -0.493 e. The molecule has 1 aliphatic heterocycles. The lowest BCUT2D eigenvalue weighted by Crippen LogP contribution is -2.12. The third kappa shape index (κ3) is 3.20. The van der Waals surface area contributed by atoms with Crippen LogP contribution in [0.3, 0.4) is 0 Å². The molecular weight excluding hydrogens is 289 g/mol. The lowest BCUT2D eigenvalue weighted by molar-refractivity contribution is 0.357. The third-order valence-corrected chi connectivity index (χ3v) is 4.19. The summed E-state index contributed by atoms with van der Waals surface area (Å²) >= 11 is 6.05. The Bertz CT molecular complexity index is 659. The van der Waals surface area contributed by atoms with Gasteiger partial charge in [-0.25, -0.2) is 4.39 Å². The van der Waals surface area contributed by atoms with Crippen molar-refractivity contribution in [2.24, 2.45) is 5.73 Å². The smallest absolute Gasteiger partial charge is 0.124 e. The molecule has 1 aliphatic rings. The Labute approximate surface area is 128 Å². The molecule has 0 saturated carbocycles. The molecule has 1 unspecified atom stereocenters. The standard InChI is InChI=1S/C17H17ClFNO/c18-15-10-13(19)3-4-14(15)16(20)5-1-11-2-6-17-12(9-11)7-8-21-17/h2-4,6,9-10,16H,1,5,7-8,20H2. The van der Waals surface area contributed by atoms with Crippen LogP contribution in [0, 0.1) is 5.82 Å². The molecule has 0 aliphatic carbocycles. The molecule has 4 heteroatoms. The molecule has 0 fully saturated rings. The van der Waals surface area contributed by atoms with E-state index in [1.54, 1.807) is 6.07 Å². The number of aryl methyl sites for hydroxylation is 1. The van der Waals surface area contributed by atoms with Gasteiger partial charge in [-0.3, -0.25) is 0 Å². The first-order valence-electron chi connectivity index (χ1n) is 7.08. The van der Waals surface area contributed by atoms with E-state index in [4.69, 9.17) is 22.1 Å². The van der Waals surface area contributed by atoms with Crippen molar-refractivity contribution in [2.75, 3.05) is 6.61 Å². The number of hydrogen-bond donors (Lipinski definition) is 1. The second-order valence-corrected chi connectivity index (χ2v) is 5.76. The fourth-order valence-electron chi connectivity index (χ4n) is 2.68. The van der Waals surface area contributed by atoms with E-state index < -0.39 is 0 Å². The Morgan fingerprint density at radius 2 is 2.10 bits per heavy atom. The van der Waals surface area contributed by atoms with Gasteiger partial charge in [0.05, 0.1) is 6.61 Å². The number of nitrogens with two attached hydrogens (primary N) is 1. The Kier molecular flexibility index (Phi) is 4.13. The zero-order chi connectivity index (χ0) is 14.8. The molecule has 1 heterocycles. The highest BCUT2D eigenvalue weighted by Gasteiger charge is 2.14. The zero-order valence-corrected chi connectivity index (χ0v) is 12.4. The lowest BCUT2D eigenvalue weighted by Gasteiger charge is -2.14. The van der Waals surface area contributed by atoms with Gasteiger partial charge in [0.2, 0.25) is 0 Å². The zero-order valence-electron chi connectivity index (χ0n) is 11.6. The minimum absolute atomic E-state index is 0.192. The molecule has 110 valence electrons. The highest BCUT2D eigenvalue weighted by Crippen LogP contribution is 2.28. The Hall–Kier alpha value is -1.58. The molecule has 1 atom stereocenters. The second kappa shape index (κ2) is 6.04. The number of ether oxygens (including phenoxy) is 1. The van der Waals surface area contributed by atoms with Crippen LogP contribution in [0.1, 0.15) is 29.2 Å². The predicted octanol–water partition coefficient (Wildman–Crippen LogP) is 4.05. The number of fused-ring (bicyclic) bond motifs is 1. The summed E-state index contributed by atoms with van der Waals surface area (Å²) in [5, 5.41) is 0.393. The van der Waals surface area contributed by atoms with Crippen LogP contribution in [0.2, 0.25) is 5.02 Å². The molecule has 0 amide bonds. The average molecular weight is 306 g/mol. The summed E-state index contributed by atoms with van der Waals surface area (Å²) in [5.74, 6) is 0.652. The van der Waals surface area contributed by atoms with Crippen LogP contribution in [0.4, 0.5) is 4.39 Å². The van der Waals surface area contributed by atoms with E-state index in [0.29, 0.717) is 5.02 Å². The minimum atomic E-state index is -0.338. The number of rotatable bonds is 4. The highest BCUT2D eigenvalue weighted by molar-refractivity contribution is 6.31. The maximum absolute atomic E-state index is 13.1. The summed E-state index contributed by atoms with van der Waals surface area (Å²) in [6.45, 7) is 0.767. The summed E-state index contributed by atoms with van der Waals surface area (Å²) in [7, 11) is 0. The Morgan fingerprint density at radius 1 is 1.24 bits per heavy atom. The van der Waals surface area contributed by atoms with Crippen LogP contribution in [0.5, 0.6) is 5.75 Å². The quantitative estimate of drug-likeness (QED) is 0.925. The fraction of sp³-hybridized carbons (Fsp3) is 0.294. The van der Waals surface area contributed by atoms with Gasteiger partial charge in [0, 0.05) is 17.5 Å². The first-order chi connectivity index (χ1) is 10.1. The summed E-state index contributed by atoms with van der Waals surface area (Å²) in [6, 6.07) is 10.5. The van der Waals surface area contributed by atoms with E-state index in [9.17, 15) is 4.39 Å². The molecule has 0 radical (unpaired) electrons. The molecular formula is C17H17ClFNO. The molecule has 2 nitrogen and oxygen atoms in total. The van der Waals surface area contributed by atoms with Crippen molar-refractivity contribution in [1.82, 2.24) is 0 Å². The van der Waals surface area contributed by atoms with Crippen LogP contribution < -0.4 is 10.5 Å². The van der Waals surface area contributed by atoms with Gasteiger partial charge in [0.25, 0.3) is 0 Å². The van der Waals surface area contributed by atoms with Crippen molar-refractivity contribution in [1.29, 1.82) is 0 Å². The van der Waals surface area contributed by atoms with Crippen molar-refractivity contribution < 1.29 is 9.13 Å². The number of halogens is 2. The van der Waals surface area contributed by atoms with Gasteiger partial charge in [-0.15, -0.1) is 0 Å². The predicted molar refractivity (Wildman–Crippen MR) is 82.3 cm³/mol. The summed E-state index contributed by atoms with van der Waals surface area (Å²) in [4.78, 5) is 0. The van der Waals surface area contributed by atoms with Crippen molar-refractivity contribution in [3.05, 3.63) is 63.9 Å². The fourth-order valence-corrected chi connectivity index (χ4v) is 2.98. The molecule has 0 spiro atoms. The SMILES string of the molecule is NC(CCc1ccc2c(c1)CCO2)c1ccc(F)cc1Cl. The van der Waals surface area contributed by atoms with Crippen LogP contribution in [0.25, 0.3) is 0 Å². The Balaban J connectivity index is 1.67. The molecule has 2 aromatic carbocycles. The van der Waals surface area contributed by atoms with Crippen LogP contribution in [0.15, 0.2) is 36.4 Å². The monoisotopic (exact) mass is 305 g/mol. The van der Waals surface area contributed by atoms with E-state index >= 15 is 0 Å². The van der Waals surface area contributed by atoms with Gasteiger partial charge in [-0.05, 0) is 47.7 Å². The molecule has 0 bridgehead atoms. The van der Waals surface area contributed by atoms with Gasteiger partial charge >= 0.3 is 0 Å². The van der Waals surface area contributed by atoms with Crippen molar-refractivity contribution >= 4 is 11.6 Å². The van der Waals surface area contributed by atoms with E-state index in [1.165, 1.54) is 23.3 Å². The van der Waals surface area contributed by atoms with E-state index in [1.807, 2.05) is 6.07 Å². The third-order valence-electron chi connectivity index (χ3n) is 3.86. The maximum atomic E-state index is 13.1. The molecule has 0 aromatic heterocycles. The summed E-state index contributed by atoms with van der Waals surface area (Å²) < 4.78 is 18.5. The molecule has 21 heavy (non-hydrogen) atoms. The highest BCUT2D eigenvalue weighted by atomic mass is 35.5. The second-order valence-electron chi connectivity index (χ2n) is 5.35. The van der Waals surface area contributed by atoms with Crippen LogP contribution in [-0.4, -0.2) is 6.61 Å². The largest absolute Gasteiger partial charge is 0.493 e. The van der Waals surface area contributed by atoms with Gasteiger partial charge in [0.1, 0.15) is 11.6 Å². The van der Waals surface area contributed by atoms with Crippen molar-refractivity contribution in [2.45, 2.75) is 25.3 Å². The van der Waals surface area contributed by atoms with Gasteiger partial charge in [-0.2, -0.15) is 0 Å². The first kappa shape index (κ1) is 14.4. The molecule has 2 aromatic rings. The van der Waals surface area contributed by atoms with Crippen LogP contribution in [-0.2, 0) is 12.8 Å². The topological polar surface area (TPSA) is 35.2 Å². The van der Waals surface area contributed by atoms with Crippen LogP contribution >= 0.6 is 11.6 Å².